The SMILES string of the molecule is O=C(NCc1ccc(C(F)(F)F)cc1)N1CCC(C(=O)N2CCCC2)CC1. The Balaban J connectivity index is 1.43. The first kappa shape index (κ1) is 19.5. The zero-order valence-corrected chi connectivity index (χ0v) is 15.1. The number of carbonyl (C=O) groups is 2. The van der Waals surface area contributed by atoms with Gasteiger partial charge in [0, 0.05) is 38.6 Å². The first-order chi connectivity index (χ1) is 12.8. The fraction of sp³-hybridized carbons (Fsp3) is 0.579. The highest BCUT2D eigenvalue weighted by Crippen LogP contribution is 2.29. The second-order valence-electron chi connectivity index (χ2n) is 7.15. The fourth-order valence-electron chi connectivity index (χ4n) is 3.63. The van der Waals surface area contributed by atoms with E-state index in [0.717, 1.165) is 38.1 Å². The molecule has 0 aliphatic carbocycles. The van der Waals surface area contributed by atoms with Crippen molar-refractivity contribution in [2.24, 2.45) is 5.92 Å². The summed E-state index contributed by atoms with van der Waals surface area (Å²) in [5.41, 5.74) is -0.0993. The summed E-state index contributed by atoms with van der Waals surface area (Å²) in [7, 11) is 0. The van der Waals surface area contributed by atoms with Gasteiger partial charge in [-0.1, -0.05) is 12.1 Å². The molecular weight excluding hydrogens is 359 g/mol. The zero-order valence-electron chi connectivity index (χ0n) is 15.1. The molecule has 2 aliphatic heterocycles. The van der Waals surface area contributed by atoms with Crippen molar-refractivity contribution in [2.75, 3.05) is 26.2 Å². The quantitative estimate of drug-likeness (QED) is 0.871. The summed E-state index contributed by atoms with van der Waals surface area (Å²) in [6, 6.07) is 4.50. The van der Waals surface area contributed by atoms with Crippen molar-refractivity contribution in [1.82, 2.24) is 15.1 Å². The monoisotopic (exact) mass is 383 g/mol. The number of rotatable bonds is 3. The van der Waals surface area contributed by atoms with Crippen LogP contribution in [0.1, 0.15) is 36.8 Å². The number of hydrogen-bond acceptors (Lipinski definition) is 2. The summed E-state index contributed by atoms with van der Waals surface area (Å²) in [5.74, 6) is 0.194. The van der Waals surface area contributed by atoms with Crippen molar-refractivity contribution in [1.29, 1.82) is 0 Å². The number of carbonyl (C=O) groups excluding carboxylic acids is 2. The Kier molecular flexibility index (Phi) is 5.92. The van der Waals surface area contributed by atoms with Gasteiger partial charge in [-0.05, 0) is 43.4 Å². The van der Waals surface area contributed by atoms with Crippen LogP contribution in [0.4, 0.5) is 18.0 Å². The summed E-state index contributed by atoms with van der Waals surface area (Å²) >= 11 is 0. The Labute approximate surface area is 156 Å². The Hall–Kier alpha value is -2.25. The van der Waals surface area contributed by atoms with Crippen molar-refractivity contribution >= 4 is 11.9 Å². The van der Waals surface area contributed by atoms with Gasteiger partial charge in [-0.25, -0.2) is 4.79 Å². The molecule has 2 aliphatic rings. The number of nitrogens with one attached hydrogen (secondary N) is 1. The Morgan fingerprint density at radius 2 is 1.56 bits per heavy atom. The highest BCUT2D eigenvalue weighted by molar-refractivity contribution is 5.80. The molecule has 148 valence electrons. The fourth-order valence-corrected chi connectivity index (χ4v) is 3.63. The van der Waals surface area contributed by atoms with Gasteiger partial charge in [0.05, 0.1) is 5.56 Å². The van der Waals surface area contributed by atoms with Gasteiger partial charge in [-0.15, -0.1) is 0 Å². The van der Waals surface area contributed by atoms with E-state index in [1.165, 1.54) is 12.1 Å². The van der Waals surface area contributed by atoms with E-state index in [9.17, 15) is 22.8 Å². The number of benzene rings is 1. The molecule has 1 aromatic carbocycles. The van der Waals surface area contributed by atoms with E-state index in [0.29, 0.717) is 31.5 Å². The molecule has 27 heavy (non-hydrogen) atoms. The van der Waals surface area contributed by atoms with E-state index >= 15 is 0 Å². The van der Waals surface area contributed by atoms with Crippen molar-refractivity contribution in [3.8, 4) is 0 Å². The Bertz CT molecular complexity index is 662. The first-order valence-electron chi connectivity index (χ1n) is 9.32. The van der Waals surface area contributed by atoms with Gasteiger partial charge < -0.3 is 15.1 Å². The number of piperidine rings is 1. The predicted octanol–water partition coefficient (Wildman–Crippen LogP) is 3.25. The van der Waals surface area contributed by atoms with Gasteiger partial charge >= 0.3 is 12.2 Å². The third-order valence-corrected chi connectivity index (χ3v) is 5.27. The first-order valence-corrected chi connectivity index (χ1v) is 9.32. The van der Waals surface area contributed by atoms with Gasteiger partial charge in [-0.3, -0.25) is 4.79 Å². The molecule has 2 saturated heterocycles. The lowest BCUT2D eigenvalue weighted by atomic mass is 9.95. The van der Waals surface area contributed by atoms with E-state index in [2.05, 4.69) is 5.32 Å². The van der Waals surface area contributed by atoms with Gasteiger partial charge in [0.2, 0.25) is 5.91 Å². The molecule has 0 saturated carbocycles. The summed E-state index contributed by atoms with van der Waals surface area (Å²) in [6.45, 7) is 2.88. The third-order valence-electron chi connectivity index (χ3n) is 5.27. The van der Waals surface area contributed by atoms with E-state index in [-0.39, 0.29) is 24.4 Å². The molecule has 0 radical (unpaired) electrons. The molecule has 3 rings (SSSR count). The summed E-state index contributed by atoms with van der Waals surface area (Å²) in [5, 5.41) is 2.74. The lowest BCUT2D eigenvalue weighted by Gasteiger charge is -2.33. The van der Waals surface area contributed by atoms with E-state index in [4.69, 9.17) is 0 Å². The average molecular weight is 383 g/mol. The normalized spacial score (nSPS) is 18.6. The van der Waals surface area contributed by atoms with Crippen LogP contribution >= 0.6 is 0 Å². The highest BCUT2D eigenvalue weighted by Gasteiger charge is 2.31. The topological polar surface area (TPSA) is 52.7 Å². The summed E-state index contributed by atoms with van der Waals surface area (Å²) < 4.78 is 37.7. The molecule has 0 bridgehead atoms. The maximum Gasteiger partial charge on any atom is 0.416 e. The van der Waals surface area contributed by atoms with E-state index in [1.807, 2.05) is 4.90 Å². The Morgan fingerprint density at radius 3 is 2.11 bits per heavy atom. The van der Waals surface area contributed by atoms with Crippen molar-refractivity contribution in [3.05, 3.63) is 35.4 Å². The number of amides is 3. The second-order valence-corrected chi connectivity index (χ2v) is 7.15. The van der Waals surface area contributed by atoms with Gasteiger partial charge in [0.1, 0.15) is 0 Å². The van der Waals surface area contributed by atoms with Crippen molar-refractivity contribution in [2.45, 2.75) is 38.4 Å². The van der Waals surface area contributed by atoms with Crippen LogP contribution in [-0.4, -0.2) is 47.9 Å². The number of nitrogens with zero attached hydrogens (tertiary/aromatic N) is 2. The van der Waals surface area contributed by atoms with Crippen molar-refractivity contribution in [3.63, 3.8) is 0 Å². The molecule has 0 aromatic heterocycles. The van der Waals surface area contributed by atoms with Crippen LogP contribution in [0.15, 0.2) is 24.3 Å². The molecule has 1 N–H and O–H groups in total. The third kappa shape index (κ3) is 4.93. The minimum absolute atomic E-state index is 0.0120. The van der Waals surface area contributed by atoms with Crippen LogP contribution in [-0.2, 0) is 17.5 Å². The molecule has 1 aromatic rings. The largest absolute Gasteiger partial charge is 0.416 e. The van der Waals surface area contributed by atoms with E-state index < -0.39 is 11.7 Å². The van der Waals surface area contributed by atoms with Crippen LogP contribution in [0.5, 0.6) is 0 Å². The van der Waals surface area contributed by atoms with Crippen LogP contribution in [0, 0.1) is 5.92 Å². The standard InChI is InChI=1S/C19H24F3N3O2/c20-19(21,22)16-5-3-14(4-6-16)13-23-18(27)25-11-7-15(8-12-25)17(26)24-9-1-2-10-24/h3-6,15H,1-2,7-13H2,(H,23,27). The van der Waals surface area contributed by atoms with Crippen LogP contribution < -0.4 is 5.32 Å². The summed E-state index contributed by atoms with van der Waals surface area (Å²) in [4.78, 5) is 28.3. The molecule has 2 fully saturated rings. The van der Waals surface area contributed by atoms with E-state index in [1.54, 1.807) is 4.90 Å². The minimum atomic E-state index is -4.36. The molecule has 5 nitrogen and oxygen atoms in total. The lowest BCUT2D eigenvalue weighted by molar-refractivity contribution is -0.137. The van der Waals surface area contributed by atoms with Crippen LogP contribution in [0.25, 0.3) is 0 Å². The van der Waals surface area contributed by atoms with Gasteiger partial charge in [0.15, 0.2) is 0 Å². The second kappa shape index (κ2) is 8.19. The molecule has 3 amide bonds. The smallest absolute Gasteiger partial charge is 0.342 e. The number of urea groups is 1. The molecule has 0 atom stereocenters. The summed E-state index contributed by atoms with van der Waals surface area (Å²) in [6.07, 6.45) is -0.918. The molecule has 2 heterocycles. The highest BCUT2D eigenvalue weighted by atomic mass is 19.4. The molecular formula is C19H24F3N3O2. The lowest BCUT2D eigenvalue weighted by Crippen LogP contribution is -2.47. The van der Waals surface area contributed by atoms with Crippen molar-refractivity contribution < 1.29 is 22.8 Å². The van der Waals surface area contributed by atoms with Gasteiger partial charge in [-0.2, -0.15) is 13.2 Å². The predicted molar refractivity (Wildman–Crippen MR) is 93.8 cm³/mol. The zero-order chi connectivity index (χ0) is 19.4. The average Bonchev–Trinajstić information content (AvgIpc) is 3.20. The molecule has 0 unspecified atom stereocenters. The van der Waals surface area contributed by atoms with Gasteiger partial charge in [0.25, 0.3) is 0 Å². The Morgan fingerprint density at radius 1 is 0.963 bits per heavy atom. The number of likely N-dealkylation sites (tertiary alicyclic amines) is 2. The molecule has 8 heteroatoms. The maximum absolute atomic E-state index is 12.6. The van der Waals surface area contributed by atoms with Crippen LogP contribution in [0.2, 0.25) is 0 Å². The molecule has 0 spiro atoms. The number of halogens is 3. The maximum atomic E-state index is 12.6. The van der Waals surface area contributed by atoms with Crippen LogP contribution in [0.3, 0.4) is 0 Å². The minimum Gasteiger partial charge on any atom is -0.342 e. The number of hydrogen-bond donors (Lipinski definition) is 1. The number of alkyl halides is 3.